The van der Waals surface area contributed by atoms with E-state index in [9.17, 15) is 14.4 Å². The normalized spacial score (nSPS) is 10.2. The molecule has 1 aromatic heterocycles. The number of hydrogen-bond donors (Lipinski definition) is 1. The number of benzene rings is 1. The molecule has 0 fully saturated rings. The number of hydrogen-bond acceptors (Lipinski definition) is 6. The Hall–Kier alpha value is -2.19. The number of rotatable bonds is 9. The number of methoxy groups -OCH3 is 1. The van der Waals surface area contributed by atoms with E-state index in [1.807, 2.05) is 17.5 Å². The highest BCUT2D eigenvalue weighted by molar-refractivity contribution is 9.10. The second-order valence-corrected chi connectivity index (χ2v) is 7.23. The summed E-state index contributed by atoms with van der Waals surface area (Å²) in [5, 5.41) is 4.57. The first-order valence-electron chi connectivity index (χ1n) is 7.81. The van der Waals surface area contributed by atoms with Crippen molar-refractivity contribution >= 4 is 44.9 Å². The highest BCUT2D eigenvalue weighted by Gasteiger charge is 2.16. The molecule has 0 spiro atoms. The second kappa shape index (κ2) is 10.1. The van der Waals surface area contributed by atoms with E-state index in [1.165, 1.54) is 18.4 Å². The molecule has 138 valence electrons. The Balaban J connectivity index is 1.73. The van der Waals surface area contributed by atoms with E-state index in [0.29, 0.717) is 17.9 Å². The van der Waals surface area contributed by atoms with Crippen LogP contribution in [0.2, 0.25) is 0 Å². The van der Waals surface area contributed by atoms with Crippen LogP contribution in [-0.2, 0) is 20.9 Å². The van der Waals surface area contributed by atoms with E-state index in [4.69, 9.17) is 9.47 Å². The molecule has 1 aromatic carbocycles. The fourth-order valence-corrected chi connectivity index (χ4v) is 3.12. The van der Waals surface area contributed by atoms with Crippen molar-refractivity contribution in [2.75, 3.05) is 13.7 Å². The largest absolute Gasteiger partial charge is 0.496 e. The van der Waals surface area contributed by atoms with Crippen LogP contribution in [0.25, 0.3) is 0 Å². The minimum atomic E-state index is -0.599. The molecule has 6 nitrogen and oxygen atoms in total. The molecule has 0 unspecified atom stereocenters. The van der Waals surface area contributed by atoms with Crippen LogP contribution in [0, 0.1) is 0 Å². The number of nitrogens with one attached hydrogen (secondary N) is 1. The zero-order valence-electron chi connectivity index (χ0n) is 14.1. The molecule has 8 heteroatoms. The molecule has 0 bridgehead atoms. The van der Waals surface area contributed by atoms with E-state index in [-0.39, 0.29) is 31.1 Å². The summed E-state index contributed by atoms with van der Waals surface area (Å²) in [5.74, 6) is -0.771. The van der Waals surface area contributed by atoms with Gasteiger partial charge in [-0.1, -0.05) is 22.0 Å². The first-order valence-corrected chi connectivity index (χ1v) is 9.48. The Morgan fingerprint density at radius 1 is 1.19 bits per heavy atom. The third kappa shape index (κ3) is 6.27. The van der Waals surface area contributed by atoms with E-state index >= 15 is 0 Å². The maximum atomic E-state index is 12.3. The number of ether oxygens (including phenoxy) is 2. The molecular weight excluding hydrogens is 422 g/mol. The van der Waals surface area contributed by atoms with Crippen LogP contribution in [0.1, 0.15) is 28.1 Å². The lowest BCUT2D eigenvalue weighted by molar-refractivity contribution is -0.148. The summed E-state index contributed by atoms with van der Waals surface area (Å²) in [4.78, 5) is 36.7. The molecule has 1 heterocycles. The standard InChI is InChI=1S/C18H18BrNO5S/c1-24-16-6-4-12(19)9-14(16)15(21)5-7-18(23)25-11-17(22)20-10-13-3-2-8-26-13/h2-4,6,8-9H,5,7,10-11H2,1H3,(H,20,22). The molecule has 0 aliphatic rings. The molecule has 1 N–H and O–H groups in total. The number of Topliss-reactive ketones (excluding diaryl/α,β-unsaturated/α-hetero) is 1. The topological polar surface area (TPSA) is 81.7 Å². The fourth-order valence-electron chi connectivity index (χ4n) is 2.12. The van der Waals surface area contributed by atoms with Crippen LogP contribution in [0.4, 0.5) is 0 Å². The number of carbonyl (C=O) groups is 3. The molecule has 0 aliphatic heterocycles. The van der Waals surface area contributed by atoms with Crippen molar-refractivity contribution in [3.05, 3.63) is 50.6 Å². The van der Waals surface area contributed by atoms with Gasteiger partial charge in [-0.3, -0.25) is 14.4 Å². The van der Waals surface area contributed by atoms with Gasteiger partial charge in [0.25, 0.3) is 5.91 Å². The summed E-state index contributed by atoms with van der Waals surface area (Å²) in [7, 11) is 1.48. The molecule has 1 amide bonds. The van der Waals surface area contributed by atoms with Crippen molar-refractivity contribution < 1.29 is 23.9 Å². The third-order valence-electron chi connectivity index (χ3n) is 3.42. The average molecular weight is 440 g/mol. The Morgan fingerprint density at radius 2 is 2.00 bits per heavy atom. The number of amides is 1. The van der Waals surface area contributed by atoms with Crippen LogP contribution < -0.4 is 10.1 Å². The Bertz CT molecular complexity index is 776. The lowest BCUT2D eigenvalue weighted by Crippen LogP contribution is -2.28. The maximum Gasteiger partial charge on any atom is 0.306 e. The van der Waals surface area contributed by atoms with Crippen molar-refractivity contribution in [1.82, 2.24) is 5.32 Å². The highest BCUT2D eigenvalue weighted by Crippen LogP contribution is 2.24. The SMILES string of the molecule is COc1ccc(Br)cc1C(=O)CCC(=O)OCC(=O)NCc1cccs1. The second-order valence-electron chi connectivity index (χ2n) is 5.28. The minimum absolute atomic E-state index is 0.0253. The smallest absolute Gasteiger partial charge is 0.306 e. The Morgan fingerprint density at radius 3 is 2.69 bits per heavy atom. The Kier molecular flexibility index (Phi) is 7.80. The van der Waals surface area contributed by atoms with Gasteiger partial charge in [0, 0.05) is 15.8 Å². The van der Waals surface area contributed by atoms with E-state index in [1.54, 1.807) is 18.2 Å². The monoisotopic (exact) mass is 439 g/mol. The molecule has 0 saturated heterocycles. The van der Waals surface area contributed by atoms with Crippen molar-refractivity contribution in [1.29, 1.82) is 0 Å². The van der Waals surface area contributed by atoms with E-state index < -0.39 is 5.97 Å². The van der Waals surface area contributed by atoms with Crippen molar-refractivity contribution in [2.45, 2.75) is 19.4 Å². The third-order valence-corrected chi connectivity index (χ3v) is 4.79. The first-order chi connectivity index (χ1) is 12.5. The summed E-state index contributed by atoms with van der Waals surface area (Å²) in [6, 6.07) is 8.87. The zero-order valence-corrected chi connectivity index (χ0v) is 16.5. The fraction of sp³-hybridized carbons (Fsp3) is 0.278. The molecular formula is C18H18BrNO5S. The summed E-state index contributed by atoms with van der Waals surface area (Å²) in [5.41, 5.74) is 0.392. The van der Waals surface area contributed by atoms with Gasteiger partial charge in [0.05, 0.1) is 25.6 Å². The van der Waals surface area contributed by atoms with Crippen molar-refractivity contribution in [3.63, 3.8) is 0 Å². The molecule has 0 saturated carbocycles. The van der Waals surface area contributed by atoms with Crippen LogP contribution in [0.15, 0.2) is 40.2 Å². The Labute approximate surface area is 163 Å². The zero-order chi connectivity index (χ0) is 18.9. The van der Waals surface area contributed by atoms with Gasteiger partial charge in [-0.25, -0.2) is 0 Å². The molecule has 26 heavy (non-hydrogen) atoms. The molecule has 2 rings (SSSR count). The number of thiophene rings is 1. The predicted octanol–water partition coefficient (Wildman–Crippen LogP) is 3.34. The summed E-state index contributed by atoms with van der Waals surface area (Å²) in [6.07, 6.45) is -0.130. The average Bonchev–Trinajstić information content (AvgIpc) is 3.16. The molecule has 0 atom stereocenters. The minimum Gasteiger partial charge on any atom is -0.496 e. The van der Waals surface area contributed by atoms with Crippen LogP contribution in [0.3, 0.4) is 0 Å². The van der Waals surface area contributed by atoms with E-state index in [2.05, 4.69) is 21.2 Å². The van der Waals surface area contributed by atoms with Gasteiger partial charge >= 0.3 is 5.97 Å². The van der Waals surface area contributed by atoms with Crippen molar-refractivity contribution in [2.24, 2.45) is 0 Å². The van der Waals surface area contributed by atoms with Gasteiger partial charge in [0.15, 0.2) is 12.4 Å². The number of esters is 1. The van der Waals surface area contributed by atoms with Crippen molar-refractivity contribution in [3.8, 4) is 5.75 Å². The van der Waals surface area contributed by atoms with Gasteiger partial charge in [-0.05, 0) is 29.6 Å². The molecule has 0 aliphatic carbocycles. The number of ketones is 1. The maximum absolute atomic E-state index is 12.3. The summed E-state index contributed by atoms with van der Waals surface area (Å²) >= 11 is 4.83. The first kappa shape index (κ1) is 20.1. The van der Waals surface area contributed by atoms with Gasteiger partial charge in [-0.2, -0.15) is 0 Å². The lowest BCUT2D eigenvalue weighted by Gasteiger charge is -2.08. The van der Waals surface area contributed by atoms with Crippen LogP contribution >= 0.6 is 27.3 Å². The predicted molar refractivity (Wildman–Crippen MR) is 101 cm³/mol. The van der Waals surface area contributed by atoms with Crippen LogP contribution in [-0.4, -0.2) is 31.4 Å². The quantitative estimate of drug-likeness (QED) is 0.478. The molecule has 0 radical (unpaired) electrons. The van der Waals surface area contributed by atoms with Gasteiger partial charge in [-0.15, -0.1) is 11.3 Å². The van der Waals surface area contributed by atoms with Gasteiger partial charge < -0.3 is 14.8 Å². The lowest BCUT2D eigenvalue weighted by atomic mass is 10.1. The van der Waals surface area contributed by atoms with Gasteiger partial charge in [0.2, 0.25) is 0 Å². The highest BCUT2D eigenvalue weighted by atomic mass is 79.9. The summed E-state index contributed by atoms with van der Waals surface area (Å²) in [6.45, 7) is 0.0355. The number of carbonyl (C=O) groups excluding carboxylic acids is 3. The molecule has 2 aromatic rings. The van der Waals surface area contributed by atoms with Crippen LogP contribution in [0.5, 0.6) is 5.75 Å². The number of halogens is 1. The van der Waals surface area contributed by atoms with E-state index in [0.717, 1.165) is 9.35 Å². The summed E-state index contributed by atoms with van der Waals surface area (Å²) < 4.78 is 10.8. The van der Waals surface area contributed by atoms with Gasteiger partial charge in [0.1, 0.15) is 5.75 Å².